The summed E-state index contributed by atoms with van der Waals surface area (Å²) < 4.78 is 0. The maximum Gasteiger partial charge on any atom is 0.0495 e. The van der Waals surface area contributed by atoms with Crippen molar-refractivity contribution in [3.63, 3.8) is 0 Å². The van der Waals surface area contributed by atoms with E-state index in [1.54, 1.807) is 0 Å². The number of aryl methyl sites for hydroxylation is 1. The standard InChI is InChI=1S/C23H32/c1-3-5-6-7-8-9-10-11-12-21-13-15-22(16-14-21)17-18-23(4-2)19-20-23/h2,13-18H,3,5-12,19-20H2,1H3/b18-17+. The molecule has 0 radical (unpaired) electrons. The highest BCUT2D eigenvalue weighted by Crippen LogP contribution is 2.46. The molecule has 0 heterocycles. The molecule has 1 fully saturated rings. The summed E-state index contributed by atoms with van der Waals surface area (Å²) in [6.45, 7) is 2.28. The van der Waals surface area contributed by atoms with Crippen LogP contribution in [0.1, 0.15) is 82.3 Å². The van der Waals surface area contributed by atoms with Crippen molar-refractivity contribution in [3.8, 4) is 12.3 Å². The normalized spacial score (nSPS) is 15.7. The number of unbranched alkanes of at least 4 members (excludes halogenated alkanes) is 7. The van der Waals surface area contributed by atoms with E-state index in [0.717, 1.165) is 12.8 Å². The molecule has 0 aromatic heterocycles. The predicted molar refractivity (Wildman–Crippen MR) is 102 cm³/mol. The zero-order valence-electron chi connectivity index (χ0n) is 14.8. The van der Waals surface area contributed by atoms with E-state index in [4.69, 9.17) is 6.42 Å². The summed E-state index contributed by atoms with van der Waals surface area (Å²) >= 11 is 0. The minimum atomic E-state index is 0.0792. The molecular formula is C23H32. The largest absolute Gasteiger partial charge is 0.119 e. The first-order valence-corrected chi connectivity index (χ1v) is 9.54. The van der Waals surface area contributed by atoms with E-state index in [0.29, 0.717) is 0 Å². The number of hydrogen-bond acceptors (Lipinski definition) is 0. The smallest absolute Gasteiger partial charge is 0.0495 e. The van der Waals surface area contributed by atoms with Crippen LogP contribution in [0.5, 0.6) is 0 Å². The van der Waals surface area contributed by atoms with E-state index >= 15 is 0 Å². The number of allylic oxidation sites excluding steroid dienone is 1. The van der Waals surface area contributed by atoms with Crippen molar-refractivity contribution in [2.24, 2.45) is 5.41 Å². The first-order chi connectivity index (χ1) is 11.3. The van der Waals surface area contributed by atoms with E-state index < -0.39 is 0 Å². The van der Waals surface area contributed by atoms with Crippen LogP contribution >= 0.6 is 0 Å². The molecule has 2 rings (SSSR count). The lowest BCUT2D eigenvalue weighted by Crippen LogP contribution is -1.89. The molecule has 0 aliphatic heterocycles. The Bertz CT molecular complexity index is 508. The predicted octanol–water partition coefficient (Wildman–Crippen LogP) is 6.80. The Hall–Kier alpha value is -1.48. The summed E-state index contributed by atoms with van der Waals surface area (Å²) in [6, 6.07) is 9.00. The third-order valence-electron chi connectivity index (χ3n) is 4.97. The van der Waals surface area contributed by atoms with Gasteiger partial charge in [-0.1, -0.05) is 94.2 Å². The van der Waals surface area contributed by atoms with Gasteiger partial charge in [0.1, 0.15) is 0 Å². The lowest BCUT2D eigenvalue weighted by atomic mass is 10.0. The van der Waals surface area contributed by atoms with Crippen molar-refractivity contribution in [1.29, 1.82) is 0 Å². The number of terminal acetylenes is 1. The zero-order chi connectivity index (χ0) is 16.4. The van der Waals surface area contributed by atoms with Crippen LogP contribution in [-0.4, -0.2) is 0 Å². The molecule has 1 aromatic rings. The van der Waals surface area contributed by atoms with Crippen LogP contribution < -0.4 is 0 Å². The Morgan fingerprint density at radius 3 is 2.13 bits per heavy atom. The van der Waals surface area contributed by atoms with Crippen molar-refractivity contribution >= 4 is 6.08 Å². The van der Waals surface area contributed by atoms with Gasteiger partial charge in [-0.05, 0) is 36.8 Å². The Morgan fingerprint density at radius 1 is 0.957 bits per heavy atom. The van der Waals surface area contributed by atoms with Gasteiger partial charge in [0.15, 0.2) is 0 Å². The number of rotatable bonds is 11. The zero-order valence-corrected chi connectivity index (χ0v) is 14.8. The van der Waals surface area contributed by atoms with Gasteiger partial charge in [0.2, 0.25) is 0 Å². The maximum atomic E-state index is 5.57. The highest BCUT2D eigenvalue weighted by molar-refractivity contribution is 5.52. The quantitative estimate of drug-likeness (QED) is 0.311. The Labute approximate surface area is 143 Å². The van der Waals surface area contributed by atoms with Crippen molar-refractivity contribution in [1.82, 2.24) is 0 Å². The summed E-state index contributed by atoms with van der Waals surface area (Å²) in [6.07, 6.45) is 24.6. The van der Waals surface area contributed by atoms with Crippen LogP contribution in [0.3, 0.4) is 0 Å². The van der Waals surface area contributed by atoms with Gasteiger partial charge in [-0.15, -0.1) is 6.42 Å². The first kappa shape index (κ1) is 17.9. The van der Waals surface area contributed by atoms with Gasteiger partial charge in [-0.3, -0.25) is 0 Å². The maximum absolute atomic E-state index is 5.57. The fourth-order valence-electron chi connectivity index (χ4n) is 3.01. The molecule has 0 heteroatoms. The van der Waals surface area contributed by atoms with Crippen molar-refractivity contribution in [3.05, 3.63) is 41.5 Å². The molecule has 0 atom stereocenters. The van der Waals surface area contributed by atoms with Crippen molar-refractivity contribution < 1.29 is 0 Å². The molecule has 1 aliphatic rings. The molecule has 1 saturated carbocycles. The second-order valence-electron chi connectivity index (χ2n) is 7.10. The van der Waals surface area contributed by atoms with Gasteiger partial charge in [0.25, 0.3) is 0 Å². The van der Waals surface area contributed by atoms with E-state index in [2.05, 4.69) is 49.3 Å². The fraction of sp³-hybridized carbons (Fsp3) is 0.565. The monoisotopic (exact) mass is 308 g/mol. The van der Waals surface area contributed by atoms with Crippen LogP contribution in [-0.2, 0) is 6.42 Å². The topological polar surface area (TPSA) is 0 Å². The Balaban J connectivity index is 1.61. The van der Waals surface area contributed by atoms with Crippen LogP contribution in [0.2, 0.25) is 0 Å². The van der Waals surface area contributed by atoms with E-state index in [-0.39, 0.29) is 5.41 Å². The Kier molecular flexibility index (Phi) is 7.47. The third-order valence-corrected chi connectivity index (χ3v) is 4.97. The van der Waals surface area contributed by atoms with E-state index in [9.17, 15) is 0 Å². The molecular weight excluding hydrogens is 276 g/mol. The minimum Gasteiger partial charge on any atom is -0.119 e. The summed E-state index contributed by atoms with van der Waals surface area (Å²) in [5.74, 6) is 2.90. The fourth-order valence-corrected chi connectivity index (χ4v) is 3.01. The molecule has 1 aromatic carbocycles. The van der Waals surface area contributed by atoms with Crippen LogP contribution in [0.15, 0.2) is 30.3 Å². The second-order valence-corrected chi connectivity index (χ2v) is 7.10. The molecule has 0 saturated heterocycles. The number of hydrogen-bond donors (Lipinski definition) is 0. The van der Waals surface area contributed by atoms with Gasteiger partial charge in [-0.2, -0.15) is 0 Å². The van der Waals surface area contributed by atoms with Crippen LogP contribution in [0.4, 0.5) is 0 Å². The molecule has 0 spiro atoms. The molecule has 1 aliphatic carbocycles. The summed E-state index contributed by atoms with van der Waals surface area (Å²) in [7, 11) is 0. The molecule has 124 valence electrons. The highest BCUT2D eigenvalue weighted by Gasteiger charge is 2.37. The van der Waals surface area contributed by atoms with Crippen LogP contribution in [0, 0.1) is 17.8 Å². The molecule has 23 heavy (non-hydrogen) atoms. The molecule has 0 unspecified atom stereocenters. The molecule has 0 nitrogen and oxygen atoms in total. The van der Waals surface area contributed by atoms with Gasteiger partial charge in [0, 0.05) is 5.41 Å². The van der Waals surface area contributed by atoms with Crippen molar-refractivity contribution in [2.75, 3.05) is 0 Å². The molecule has 0 bridgehead atoms. The number of benzene rings is 1. The third kappa shape index (κ3) is 6.66. The van der Waals surface area contributed by atoms with Crippen molar-refractivity contribution in [2.45, 2.75) is 77.6 Å². The average Bonchev–Trinajstić information content (AvgIpc) is 3.37. The molecule has 0 amide bonds. The van der Waals surface area contributed by atoms with Gasteiger partial charge >= 0.3 is 0 Å². The SMILES string of the molecule is C#CC1(/C=C/c2ccc(CCCCCCCCCC)cc2)CC1. The average molecular weight is 309 g/mol. The van der Waals surface area contributed by atoms with Gasteiger partial charge < -0.3 is 0 Å². The first-order valence-electron chi connectivity index (χ1n) is 9.54. The lowest BCUT2D eigenvalue weighted by Gasteiger charge is -2.04. The Morgan fingerprint density at radius 2 is 1.57 bits per heavy atom. The summed E-state index contributed by atoms with van der Waals surface area (Å²) in [4.78, 5) is 0. The lowest BCUT2D eigenvalue weighted by molar-refractivity contribution is 0.575. The summed E-state index contributed by atoms with van der Waals surface area (Å²) in [5, 5.41) is 0. The summed E-state index contributed by atoms with van der Waals surface area (Å²) in [5.41, 5.74) is 2.81. The highest BCUT2D eigenvalue weighted by atomic mass is 14.4. The minimum absolute atomic E-state index is 0.0792. The van der Waals surface area contributed by atoms with Gasteiger partial charge in [0.05, 0.1) is 0 Å². The van der Waals surface area contributed by atoms with E-state index in [1.165, 1.54) is 68.9 Å². The van der Waals surface area contributed by atoms with E-state index in [1.807, 2.05) is 0 Å². The second kappa shape index (κ2) is 9.61. The van der Waals surface area contributed by atoms with Gasteiger partial charge in [-0.25, -0.2) is 0 Å². The molecule has 0 N–H and O–H groups in total. The van der Waals surface area contributed by atoms with Crippen LogP contribution in [0.25, 0.3) is 6.08 Å².